The zero-order valence-corrected chi connectivity index (χ0v) is 11.3. The van der Waals surface area contributed by atoms with Gasteiger partial charge in [0.15, 0.2) is 0 Å². The molecule has 1 heterocycles. The van der Waals surface area contributed by atoms with Gasteiger partial charge in [0.1, 0.15) is 0 Å². The summed E-state index contributed by atoms with van der Waals surface area (Å²) in [5, 5.41) is 12.3. The summed E-state index contributed by atoms with van der Waals surface area (Å²) in [6.45, 7) is 2.76. The molecule has 0 unspecified atom stereocenters. The van der Waals surface area contributed by atoms with E-state index in [1.165, 1.54) is 5.56 Å². The fourth-order valence-electron chi connectivity index (χ4n) is 2.00. The number of fused-ring (bicyclic) bond motifs is 1. The minimum absolute atomic E-state index is 0.750. The number of aromatic amines is 1. The lowest BCUT2D eigenvalue weighted by molar-refractivity contribution is 1.12. The second kappa shape index (κ2) is 4.94. The van der Waals surface area contributed by atoms with E-state index in [-0.39, 0.29) is 0 Å². The van der Waals surface area contributed by atoms with E-state index in [0.29, 0.717) is 0 Å². The van der Waals surface area contributed by atoms with Gasteiger partial charge < -0.3 is 5.32 Å². The van der Waals surface area contributed by atoms with Gasteiger partial charge >= 0.3 is 0 Å². The second-order valence-electron chi connectivity index (χ2n) is 4.61. The molecule has 96 valence electrons. The Kier molecular flexibility index (Phi) is 3.13. The fraction of sp³-hybridized carbons (Fsp3) is 0.133. The van der Waals surface area contributed by atoms with Gasteiger partial charge in [-0.05, 0) is 42.3 Å². The molecule has 1 aromatic heterocycles. The summed E-state index contributed by atoms with van der Waals surface area (Å²) in [5.41, 5.74) is 4.37. The summed E-state index contributed by atoms with van der Waals surface area (Å²) >= 11 is 6.12. The van der Waals surface area contributed by atoms with E-state index < -0.39 is 0 Å². The molecule has 0 bridgehead atoms. The van der Waals surface area contributed by atoms with E-state index in [1.54, 1.807) is 0 Å². The lowest BCUT2D eigenvalue weighted by Crippen LogP contribution is -1.99. The van der Waals surface area contributed by atoms with Crippen LogP contribution in [-0.2, 0) is 6.54 Å². The van der Waals surface area contributed by atoms with Crippen LogP contribution in [0.4, 0.5) is 5.69 Å². The summed E-state index contributed by atoms with van der Waals surface area (Å²) in [4.78, 5) is 0. The average Bonchev–Trinajstić information content (AvgIpc) is 2.87. The zero-order valence-electron chi connectivity index (χ0n) is 10.6. The number of hydrogen-bond acceptors (Lipinski definition) is 2. The molecule has 0 aliphatic rings. The van der Waals surface area contributed by atoms with Crippen LogP contribution in [-0.4, -0.2) is 10.2 Å². The van der Waals surface area contributed by atoms with Gasteiger partial charge in [0, 0.05) is 22.6 Å². The molecule has 0 spiro atoms. The van der Waals surface area contributed by atoms with Gasteiger partial charge in [-0.1, -0.05) is 23.7 Å². The maximum absolute atomic E-state index is 6.12. The van der Waals surface area contributed by atoms with Crippen molar-refractivity contribution in [3.05, 3.63) is 58.7 Å². The van der Waals surface area contributed by atoms with Crippen LogP contribution < -0.4 is 5.32 Å². The Morgan fingerprint density at radius 2 is 2.11 bits per heavy atom. The number of hydrogen-bond donors (Lipinski definition) is 2. The first-order valence-corrected chi connectivity index (χ1v) is 6.52. The monoisotopic (exact) mass is 271 g/mol. The van der Waals surface area contributed by atoms with E-state index in [4.69, 9.17) is 11.6 Å². The molecule has 3 rings (SSSR count). The predicted molar refractivity (Wildman–Crippen MR) is 79.6 cm³/mol. The van der Waals surface area contributed by atoms with Crippen LogP contribution in [0.5, 0.6) is 0 Å². The summed E-state index contributed by atoms with van der Waals surface area (Å²) < 4.78 is 0. The molecule has 0 fully saturated rings. The molecule has 2 N–H and O–H groups in total. The maximum atomic E-state index is 6.12. The first-order valence-electron chi connectivity index (χ1n) is 6.14. The molecule has 3 nitrogen and oxygen atoms in total. The Morgan fingerprint density at radius 3 is 2.95 bits per heavy atom. The molecule has 19 heavy (non-hydrogen) atoms. The third kappa shape index (κ3) is 2.56. The number of H-pyrrole nitrogens is 1. The quantitative estimate of drug-likeness (QED) is 0.752. The highest BCUT2D eigenvalue weighted by molar-refractivity contribution is 6.31. The fourth-order valence-corrected chi connectivity index (χ4v) is 2.20. The number of nitrogens with zero attached hydrogens (tertiary/aromatic N) is 1. The molecular weight excluding hydrogens is 258 g/mol. The summed E-state index contributed by atoms with van der Waals surface area (Å²) in [6, 6.07) is 12.3. The van der Waals surface area contributed by atoms with Crippen LogP contribution in [0.3, 0.4) is 0 Å². The van der Waals surface area contributed by atoms with Gasteiger partial charge in [0.2, 0.25) is 0 Å². The first-order chi connectivity index (χ1) is 9.22. The molecule has 0 atom stereocenters. The van der Waals surface area contributed by atoms with Gasteiger partial charge in [-0.3, -0.25) is 5.10 Å². The van der Waals surface area contributed by atoms with Gasteiger partial charge in [0.05, 0.1) is 11.7 Å². The second-order valence-corrected chi connectivity index (χ2v) is 5.02. The number of aryl methyl sites for hydroxylation is 1. The SMILES string of the molecule is Cc1ccc(CNc2ccc3cn[nH]c3c2)cc1Cl. The van der Waals surface area contributed by atoms with Crippen LogP contribution in [0.1, 0.15) is 11.1 Å². The lowest BCUT2D eigenvalue weighted by atomic mass is 10.1. The van der Waals surface area contributed by atoms with Crippen molar-refractivity contribution in [3.8, 4) is 0 Å². The van der Waals surface area contributed by atoms with E-state index in [2.05, 4.69) is 27.6 Å². The van der Waals surface area contributed by atoms with Gasteiger partial charge in [-0.15, -0.1) is 0 Å². The van der Waals surface area contributed by atoms with E-state index in [1.807, 2.05) is 37.4 Å². The Balaban J connectivity index is 1.75. The van der Waals surface area contributed by atoms with Crippen molar-refractivity contribution < 1.29 is 0 Å². The van der Waals surface area contributed by atoms with E-state index >= 15 is 0 Å². The maximum Gasteiger partial charge on any atom is 0.0670 e. The smallest absolute Gasteiger partial charge is 0.0670 e. The zero-order chi connectivity index (χ0) is 13.2. The van der Waals surface area contributed by atoms with Crippen molar-refractivity contribution >= 4 is 28.2 Å². The highest BCUT2D eigenvalue weighted by Gasteiger charge is 2.00. The van der Waals surface area contributed by atoms with Crippen molar-refractivity contribution in [2.24, 2.45) is 0 Å². The first kappa shape index (κ1) is 12.1. The highest BCUT2D eigenvalue weighted by atomic mass is 35.5. The molecule has 3 aromatic rings. The Morgan fingerprint density at radius 1 is 1.21 bits per heavy atom. The van der Waals surface area contributed by atoms with Crippen LogP contribution in [0.25, 0.3) is 10.9 Å². The minimum Gasteiger partial charge on any atom is -0.381 e. The van der Waals surface area contributed by atoms with Crippen molar-refractivity contribution in [2.75, 3.05) is 5.32 Å². The Hall–Kier alpha value is -2.00. The molecule has 0 amide bonds. The largest absolute Gasteiger partial charge is 0.381 e. The summed E-state index contributed by atoms with van der Waals surface area (Å²) in [6.07, 6.45) is 1.82. The summed E-state index contributed by atoms with van der Waals surface area (Å²) in [7, 11) is 0. The van der Waals surface area contributed by atoms with Gasteiger partial charge in [0.25, 0.3) is 0 Å². The topological polar surface area (TPSA) is 40.7 Å². The molecule has 2 aromatic carbocycles. The van der Waals surface area contributed by atoms with E-state index in [9.17, 15) is 0 Å². The molecule has 0 radical (unpaired) electrons. The lowest BCUT2D eigenvalue weighted by Gasteiger charge is -2.08. The Labute approximate surface area is 116 Å². The van der Waals surface area contributed by atoms with Crippen molar-refractivity contribution in [2.45, 2.75) is 13.5 Å². The third-order valence-corrected chi connectivity index (χ3v) is 3.58. The van der Waals surface area contributed by atoms with Crippen LogP contribution in [0.2, 0.25) is 5.02 Å². The van der Waals surface area contributed by atoms with E-state index in [0.717, 1.165) is 33.7 Å². The van der Waals surface area contributed by atoms with Crippen LogP contribution in [0, 0.1) is 6.92 Å². The van der Waals surface area contributed by atoms with Gasteiger partial charge in [-0.2, -0.15) is 5.10 Å². The molecule has 0 saturated heterocycles. The van der Waals surface area contributed by atoms with Gasteiger partial charge in [-0.25, -0.2) is 0 Å². The van der Waals surface area contributed by atoms with Crippen LogP contribution in [0.15, 0.2) is 42.6 Å². The normalized spacial score (nSPS) is 10.8. The number of anilines is 1. The van der Waals surface area contributed by atoms with Crippen molar-refractivity contribution in [3.63, 3.8) is 0 Å². The Bertz CT molecular complexity index is 718. The number of nitrogens with one attached hydrogen (secondary N) is 2. The summed E-state index contributed by atoms with van der Waals surface area (Å²) in [5.74, 6) is 0. The number of halogens is 1. The number of rotatable bonds is 3. The molecule has 0 aliphatic carbocycles. The number of benzene rings is 2. The minimum atomic E-state index is 0.750. The van der Waals surface area contributed by atoms with Crippen molar-refractivity contribution in [1.29, 1.82) is 0 Å². The van der Waals surface area contributed by atoms with Crippen molar-refractivity contribution in [1.82, 2.24) is 10.2 Å². The predicted octanol–water partition coefficient (Wildman–Crippen LogP) is 4.14. The molecule has 0 aliphatic heterocycles. The third-order valence-electron chi connectivity index (χ3n) is 3.17. The van der Waals surface area contributed by atoms with Crippen LogP contribution >= 0.6 is 11.6 Å². The molecule has 0 saturated carbocycles. The average molecular weight is 272 g/mol. The molecule has 4 heteroatoms. The number of aromatic nitrogens is 2. The highest BCUT2D eigenvalue weighted by Crippen LogP contribution is 2.19. The molecular formula is C15H14ClN3. The standard InChI is InChI=1S/C15H14ClN3/c1-10-2-3-11(6-14(10)16)8-17-13-5-4-12-9-18-19-15(12)7-13/h2-7,9,17H,8H2,1H3,(H,18,19).